The van der Waals surface area contributed by atoms with E-state index in [1.807, 2.05) is 12.1 Å². The molecule has 1 aliphatic heterocycles. The Morgan fingerprint density at radius 3 is 2.64 bits per heavy atom. The van der Waals surface area contributed by atoms with E-state index < -0.39 is 0 Å². The topological polar surface area (TPSA) is 83.8 Å². The first-order valence-electron chi connectivity index (χ1n) is 8.19. The first-order valence-corrected chi connectivity index (χ1v) is 8.19. The predicted octanol–water partition coefficient (Wildman–Crippen LogP) is 2.71. The second-order valence-electron chi connectivity index (χ2n) is 5.88. The maximum absolute atomic E-state index is 12.3. The van der Waals surface area contributed by atoms with Gasteiger partial charge < -0.3 is 24.7 Å². The molecule has 0 radical (unpaired) electrons. The molecule has 3 amide bonds. The van der Waals surface area contributed by atoms with Crippen LogP contribution >= 0.6 is 0 Å². The normalized spacial score (nSPS) is 14.8. The number of carbonyl (C=O) groups is 2. The summed E-state index contributed by atoms with van der Waals surface area (Å²) in [6.07, 6.45) is 4.36. The molecule has 0 bridgehead atoms. The van der Waals surface area contributed by atoms with Crippen LogP contribution in [0.15, 0.2) is 47.3 Å². The van der Waals surface area contributed by atoms with Crippen LogP contribution in [0.2, 0.25) is 0 Å². The summed E-state index contributed by atoms with van der Waals surface area (Å²) in [6, 6.07) is 8.66. The molecule has 0 atom stereocenters. The van der Waals surface area contributed by atoms with Crippen LogP contribution in [0.1, 0.15) is 23.2 Å². The van der Waals surface area contributed by atoms with Gasteiger partial charge in [0.2, 0.25) is 0 Å². The van der Waals surface area contributed by atoms with Gasteiger partial charge in [0.1, 0.15) is 12.0 Å². The maximum Gasteiger partial charge on any atom is 0.319 e. The van der Waals surface area contributed by atoms with E-state index in [0.717, 1.165) is 0 Å². The average molecular weight is 343 g/mol. The smallest absolute Gasteiger partial charge is 0.319 e. The number of para-hydroxylation sites is 2. The maximum atomic E-state index is 12.3. The molecule has 3 rings (SSSR count). The Kier molecular flexibility index (Phi) is 5.23. The van der Waals surface area contributed by atoms with E-state index in [2.05, 4.69) is 10.6 Å². The number of piperidine rings is 1. The zero-order valence-electron chi connectivity index (χ0n) is 14.0. The number of nitrogens with zero attached hydrogens (tertiary/aromatic N) is 1. The summed E-state index contributed by atoms with van der Waals surface area (Å²) in [4.78, 5) is 26.2. The molecular formula is C18H21N3O4. The molecule has 2 aromatic rings. The standard InChI is InChI=1S/C18H21N3O4/c1-24-16-5-3-2-4-15(16)20-18(23)19-14-6-9-21(10-7-14)17(22)13-8-11-25-12-13/h2-5,8,11-12,14H,6-7,9-10H2,1H3,(H2,19,20,23). The van der Waals surface area contributed by atoms with Gasteiger partial charge in [-0.1, -0.05) is 12.1 Å². The first-order chi connectivity index (χ1) is 12.2. The van der Waals surface area contributed by atoms with Crippen LogP contribution in [0.3, 0.4) is 0 Å². The summed E-state index contributed by atoms with van der Waals surface area (Å²) >= 11 is 0. The summed E-state index contributed by atoms with van der Waals surface area (Å²) in [7, 11) is 1.56. The monoisotopic (exact) mass is 343 g/mol. The van der Waals surface area contributed by atoms with Gasteiger partial charge in [-0.15, -0.1) is 0 Å². The predicted molar refractivity (Wildman–Crippen MR) is 92.8 cm³/mol. The Morgan fingerprint density at radius 1 is 1.20 bits per heavy atom. The number of hydrogen-bond acceptors (Lipinski definition) is 4. The van der Waals surface area contributed by atoms with Crippen molar-refractivity contribution in [3.8, 4) is 5.75 Å². The van der Waals surface area contributed by atoms with Crippen molar-refractivity contribution in [2.75, 3.05) is 25.5 Å². The van der Waals surface area contributed by atoms with Crippen molar-refractivity contribution in [2.45, 2.75) is 18.9 Å². The SMILES string of the molecule is COc1ccccc1NC(=O)NC1CCN(C(=O)c2ccoc2)CC1. The van der Waals surface area contributed by atoms with Gasteiger partial charge in [0.05, 0.1) is 24.6 Å². The van der Waals surface area contributed by atoms with Gasteiger partial charge in [-0.25, -0.2) is 4.79 Å². The molecule has 7 nitrogen and oxygen atoms in total. The van der Waals surface area contributed by atoms with E-state index in [9.17, 15) is 9.59 Å². The quantitative estimate of drug-likeness (QED) is 0.894. The zero-order valence-corrected chi connectivity index (χ0v) is 14.0. The summed E-state index contributed by atoms with van der Waals surface area (Å²) < 4.78 is 10.2. The van der Waals surface area contributed by atoms with Crippen molar-refractivity contribution < 1.29 is 18.7 Å². The van der Waals surface area contributed by atoms with Gasteiger partial charge in [0.15, 0.2) is 0 Å². The molecule has 2 N–H and O–H groups in total. The van der Waals surface area contributed by atoms with Crippen LogP contribution in [0.5, 0.6) is 5.75 Å². The molecule has 1 aromatic carbocycles. The van der Waals surface area contributed by atoms with Crippen LogP contribution in [0, 0.1) is 0 Å². The fraction of sp³-hybridized carbons (Fsp3) is 0.333. The largest absolute Gasteiger partial charge is 0.495 e. The third kappa shape index (κ3) is 4.12. The Bertz CT molecular complexity index is 722. The molecule has 0 saturated carbocycles. The van der Waals surface area contributed by atoms with E-state index in [-0.39, 0.29) is 18.0 Å². The average Bonchev–Trinajstić information content (AvgIpc) is 3.17. The van der Waals surface area contributed by atoms with Crippen molar-refractivity contribution in [3.63, 3.8) is 0 Å². The van der Waals surface area contributed by atoms with Crippen molar-refractivity contribution >= 4 is 17.6 Å². The zero-order chi connectivity index (χ0) is 17.6. The summed E-state index contributed by atoms with van der Waals surface area (Å²) in [5.74, 6) is 0.573. The molecule has 1 saturated heterocycles. The van der Waals surface area contributed by atoms with Crippen molar-refractivity contribution in [2.24, 2.45) is 0 Å². The van der Waals surface area contributed by atoms with Crippen LogP contribution in [0.4, 0.5) is 10.5 Å². The molecule has 2 heterocycles. The highest BCUT2D eigenvalue weighted by Crippen LogP contribution is 2.23. The van der Waals surface area contributed by atoms with E-state index in [0.29, 0.717) is 42.9 Å². The van der Waals surface area contributed by atoms with Crippen LogP contribution < -0.4 is 15.4 Å². The summed E-state index contributed by atoms with van der Waals surface area (Å²) in [6.45, 7) is 1.20. The van der Waals surface area contributed by atoms with E-state index in [4.69, 9.17) is 9.15 Å². The summed E-state index contributed by atoms with van der Waals surface area (Å²) in [5.41, 5.74) is 1.18. The van der Waals surface area contributed by atoms with Crippen LogP contribution in [-0.2, 0) is 0 Å². The lowest BCUT2D eigenvalue weighted by molar-refractivity contribution is 0.0708. The lowest BCUT2D eigenvalue weighted by atomic mass is 10.0. The Hall–Kier alpha value is -2.96. The van der Waals surface area contributed by atoms with Gasteiger partial charge >= 0.3 is 6.03 Å². The van der Waals surface area contributed by atoms with Crippen molar-refractivity contribution in [1.29, 1.82) is 0 Å². The van der Waals surface area contributed by atoms with Crippen LogP contribution in [0.25, 0.3) is 0 Å². The minimum Gasteiger partial charge on any atom is -0.495 e. The number of urea groups is 1. The van der Waals surface area contributed by atoms with E-state index in [1.165, 1.54) is 12.5 Å². The summed E-state index contributed by atoms with van der Waals surface area (Å²) in [5, 5.41) is 5.75. The molecule has 1 aromatic heterocycles. The highest BCUT2D eigenvalue weighted by Gasteiger charge is 2.25. The third-order valence-electron chi connectivity index (χ3n) is 4.24. The fourth-order valence-electron chi connectivity index (χ4n) is 2.89. The highest BCUT2D eigenvalue weighted by molar-refractivity contribution is 5.94. The molecule has 132 valence electrons. The van der Waals surface area contributed by atoms with Crippen LogP contribution in [-0.4, -0.2) is 43.1 Å². The highest BCUT2D eigenvalue weighted by atomic mass is 16.5. The molecule has 0 spiro atoms. The molecule has 0 unspecified atom stereocenters. The number of likely N-dealkylation sites (tertiary alicyclic amines) is 1. The Balaban J connectivity index is 1.49. The third-order valence-corrected chi connectivity index (χ3v) is 4.24. The molecular weight excluding hydrogens is 322 g/mol. The second-order valence-corrected chi connectivity index (χ2v) is 5.88. The first kappa shape index (κ1) is 16.9. The van der Waals surface area contributed by atoms with Crippen molar-refractivity contribution in [1.82, 2.24) is 10.2 Å². The lowest BCUT2D eigenvalue weighted by Crippen LogP contribution is -2.47. The number of anilines is 1. The minimum absolute atomic E-state index is 0.0307. The van der Waals surface area contributed by atoms with Gasteiger partial charge in [0, 0.05) is 19.1 Å². The number of nitrogens with one attached hydrogen (secondary N) is 2. The number of furan rings is 1. The number of ether oxygens (including phenoxy) is 1. The van der Waals surface area contributed by atoms with E-state index >= 15 is 0 Å². The molecule has 1 fully saturated rings. The molecule has 0 aliphatic carbocycles. The molecule has 7 heteroatoms. The van der Waals surface area contributed by atoms with Crippen molar-refractivity contribution in [3.05, 3.63) is 48.4 Å². The molecule has 25 heavy (non-hydrogen) atoms. The lowest BCUT2D eigenvalue weighted by Gasteiger charge is -2.32. The van der Waals surface area contributed by atoms with E-state index in [1.54, 1.807) is 30.2 Å². The Labute approximate surface area is 145 Å². The number of rotatable bonds is 4. The fourth-order valence-corrected chi connectivity index (χ4v) is 2.89. The van der Waals surface area contributed by atoms with Gasteiger partial charge in [-0.05, 0) is 31.0 Å². The number of methoxy groups -OCH3 is 1. The van der Waals surface area contributed by atoms with Gasteiger partial charge in [-0.3, -0.25) is 4.79 Å². The van der Waals surface area contributed by atoms with Gasteiger partial charge in [0.25, 0.3) is 5.91 Å². The number of carbonyl (C=O) groups excluding carboxylic acids is 2. The van der Waals surface area contributed by atoms with Gasteiger partial charge in [-0.2, -0.15) is 0 Å². The number of benzene rings is 1. The number of hydrogen-bond donors (Lipinski definition) is 2. The number of amides is 3. The Morgan fingerprint density at radius 2 is 1.96 bits per heavy atom. The minimum atomic E-state index is -0.274. The molecule has 1 aliphatic rings. The second kappa shape index (κ2) is 7.74.